The fraction of sp³-hybridized carbons (Fsp3) is 0.500. The van der Waals surface area contributed by atoms with Crippen molar-refractivity contribution in [2.24, 2.45) is 0 Å². The molecule has 0 aliphatic carbocycles. The van der Waals surface area contributed by atoms with E-state index in [-0.39, 0.29) is 5.91 Å². The zero-order chi connectivity index (χ0) is 10.2. The van der Waals surface area contributed by atoms with Crippen molar-refractivity contribution in [1.29, 1.82) is 0 Å². The third-order valence-corrected chi connectivity index (χ3v) is 2.18. The van der Waals surface area contributed by atoms with E-state index in [0.717, 1.165) is 11.3 Å². The van der Waals surface area contributed by atoms with E-state index in [2.05, 4.69) is 0 Å². The van der Waals surface area contributed by atoms with Gasteiger partial charge < -0.3 is 9.32 Å². The predicted molar refractivity (Wildman–Crippen MR) is 50.9 cm³/mol. The highest BCUT2D eigenvalue weighted by Crippen LogP contribution is 2.21. The molecule has 13 heavy (non-hydrogen) atoms. The third kappa shape index (κ3) is 1.59. The Hall–Kier alpha value is -1.25. The highest BCUT2D eigenvalue weighted by molar-refractivity contribution is 5.96. The van der Waals surface area contributed by atoms with Crippen LogP contribution in [-0.4, -0.2) is 24.9 Å². The smallest absolute Gasteiger partial charge is 0.257 e. The predicted octanol–water partition coefficient (Wildman–Crippen LogP) is 1.91. The van der Waals surface area contributed by atoms with Gasteiger partial charge in [0.2, 0.25) is 0 Å². The molecule has 0 atom stereocenters. The number of rotatable bonds is 1. The van der Waals surface area contributed by atoms with Crippen LogP contribution < -0.4 is 0 Å². The summed E-state index contributed by atoms with van der Waals surface area (Å²) in [6, 6.07) is 0. The molecule has 0 saturated carbocycles. The summed E-state index contributed by atoms with van der Waals surface area (Å²) in [5, 5.41) is 0. The minimum absolute atomic E-state index is 0.00634. The Balaban J connectivity index is 3.21. The van der Waals surface area contributed by atoms with Gasteiger partial charge in [-0.1, -0.05) is 0 Å². The quantitative estimate of drug-likeness (QED) is 0.663. The molecule has 0 radical (unpaired) electrons. The van der Waals surface area contributed by atoms with Crippen molar-refractivity contribution < 1.29 is 9.21 Å². The number of nitrogens with zero attached hydrogens (tertiary/aromatic N) is 1. The summed E-state index contributed by atoms with van der Waals surface area (Å²) in [6.07, 6.45) is 0. The molecule has 0 aromatic carbocycles. The molecule has 1 aromatic heterocycles. The molecule has 72 valence electrons. The highest BCUT2D eigenvalue weighted by Gasteiger charge is 2.19. The van der Waals surface area contributed by atoms with Crippen LogP contribution in [0.3, 0.4) is 0 Å². The first-order chi connectivity index (χ1) is 5.95. The highest BCUT2D eigenvalue weighted by atomic mass is 16.3. The molecule has 0 saturated heterocycles. The third-order valence-electron chi connectivity index (χ3n) is 2.18. The summed E-state index contributed by atoms with van der Waals surface area (Å²) in [5.41, 5.74) is 1.64. The van der Waals surface area contributed by atoms with E-state index < -0.39 is 0 Å². The molecule has 0 aliphatic heterocycles. The van der Waals surface area contributed by atoms with Crippen LogP contribution in [0.25, 0.3) is 0 Å². The maximum absolute atomic E-state index is 11.7. The van der Waals surface area contributed by atoms with E-state index in [1.165, 1.54) is 0 Å². The van der Waals surface area contributed by atoms with Crippen LogP contribution >= 0.6 is 0 Å². The topological polar surface area (TPSA) is 33.5 Å². The number of carbonyl (C=O) groups excluding carboxylic acids is 1. The fourth-order valence-electron chi connectivity index (χ4n) is 1.33. The molecule has 0 N–H and O–H groups in total. The lowest BCUT2D eigenvalue weighted by Gasteiger charge is -2.09. The molecular formula is C10H15NO2. The van der Waals surface area contributed by atoms with Crippen LogP contribution in [0.4, 0.5) is 0 Å². The van der Waals surface area contributed by atoms with Gasteiger partial charge in [0.05, 0.1) is 5.56 Å². The van der Waals surface area contributed by atoms with E-state index in [1.807, 2.05) is 20.8 Å². The molecular weight excluding hydrogens is 166 g/mol. The van der Waals surface area contributed by atoms with Gasteiger partial charge in [-0.05, 0) is 20.8 Å². The van der Waals surface area contributed by atoms with Crippen molar-refractivity contribution in [3.05, 3.63) is 22.6 Å². The molecule has 3 nitrogen and oxygen atoms in total. The monoisotopic (exact) mass is 181 g/mol. The summed E-state index contributed by atoms with van der Waals surface area (Å²) in [6.45, 7) is 5.59. The Kier molecular flexibility index (Phi) is 2.45. The van der Waals surface area contributed by atoms with Crippen molar-refractivity contribution >= 4 is 5.91 Å². The molecule has 0 spiro atoms. The second-order valence-electron chi connectivity index (χ2n) is 3.41. The first-order valence-electron chi connectivity index (χ1n) is 4.23. The van der Waals surface area contributed by atoms with E-state index in [4.69, 9.17) is 4.42 Å². The largest absolute Gasteiger partial charge is 0.466 e. The van der Waals surface area contributed by atoms with Gasteiger partial charge >= 0.3 is 0 Å². The van der Waals surface area contributed by atoms with Crippen LogP contribution in [0, 0.1) is 20.8 Å². The lowest BCUT2D eigenvalue weighted by Crippen LogP contribution is -2.22. The Morgan fingerprint density at radius 2 is 1.69 bits per heavy atom. The molecule has 3 heteroatoms. The van der Waals surface area contributed by atoms with Gasteiger partial charge in [-0.15, -0.1) is 0 Å². The average Bonchev–Trinajstić information content (AvgIpc) is 2.26. The molecule has 0 aliphatic rings. The first-order valence-corrected chi connectivity index (χ1v) is 4.23. The van der Waals surface area contributed by atoms with E-state index in [9.17, 15) is 4.79 Å². The zero-order valence-electron chi connectivity index (χ0n) is 8.76. The Labute approximate surface area is 78.3 Å². The maximum Gasteiger partial charge on any atom is 0.257 e. The summed E-state index contributed by atoms with van der Waals surface area (Å²) < 4.78 is 5.37. The van der Waals surface area contributed by atoms with Crippen molar-refractivity contribution in [2.75, 3.05) is 14.1 Å². The Morgan fingerprint density at radius 1 is 1.15 bits per heavy atom. The normalized spacial score (nSPS) is 10.2. The van der Waals surface area contributed by atoms with E-state index >= 15 is 0 Å². The van der Waals surface area contributed by atoms with Gasteiger partial charge in [0, 0.05) is 19.7 Å². The number of hydrogen-bond acceptors (Lipinski definition) is 2. The van der Waals surface area contributed by atoms with Crippen molar-refractivity contribution in [1.82, 2.24) is 4.90 Å². The maximum atomic E-state index is 11.7. The molecule has 0 unspecified atom stereocenters. The fourth-order valence-corrected chi connectivity index (χ4v) is 1.33. The van der Waals surface area contributed by atoms with Gasteiger partial charge in [0.25, 0.3) is 5.91 Å². The molecule has 1 amide bonds. The Bertz CT molecular complexity index is 337. The number of hydrogen-bond donors (Lipinski definition) is 0. The lowest BCUT2D eigenvalue weighted by atomic mass is 10.1. The summed E-state index contributed by atoms with van der Waals surface area (Å²) in [5.74, 6) is 1.53. The minimum Gasteiger partial charge on any atom is -0.466 e. The number of carbonyl (C=O) groups is 1. The van der Waals surface area contributed by atoms with Crippen molar-refractivity contribution in [3.8, 4) is 0 Å². The van der Waals surface area contributed by atoms with Crippen LogP contribution in [0.5, 0.6) is 0 Å². The number of furan rings is 1. The lowest BCUT2D eigenvalue weighted by molar-refractivity contribution is 0.0825. The van der Waals surface area contributed by atoms with Crippen LogP contribution in [0.1, 0.15) is 27.4 Å². The molecule has 1 aromatic rings. The number of aryl methyl sites for hydroxylation is 2. The van der Waals surface area contributed by atoms with Gasteiger partial charge in [0.1, 0.15) is 11.5 Å². The van der Waals surface area contributed by atoms with Crippen LogP contribution in [0.15, 0.2) is 4.42 Å². The van der Waals surface area contributed by atoms with Crippen molar-refractivity contribution in [3.63, 3.8) is 0 Å². The van der Waals surface area contributed by atoms with Gasteiger partial charge in [0.15, 0.2) is 0 Å². The van der Waals surface area contributed by atoms with E-state index in [0.29, 0.717) is 11.3 Å². The van der Waals surface area contributed by atoms with Gasteiger partial charge in [-0.2, -0.15) is 0 Å². The molecule has 0 bridgehead atoms. The SMILES string of the molecule is Cc1oc(C)c(C(=O)N(C)C)c1C. The Morgan fingerprint density at radius 3 is 2.00 bits per heavy atom. The van der Waals surface area contributed by atoms with Gasteiger partial charge in [-0.25, -0.2) is 0 Å². The standard InChI is InChI=1S/C10H15NO2/c1-6-7(2)13-8(3)9(6)10(12)11(4)5/h1-5H3. The van der Waals surface area contributed by atoms with Gasteiger partial charge in [-0.3, -0.25) is 4.79 Å². The van der Waals surface area contributed by atoms with Crippen molar-refractivity contribution in [2.45, 2.75) is 20.8 Å². The minimum atomic E-state index is 0.00634. The molecule has 1 rings (SSSR count). The zero-order valence-corrected chi connectivity index (χ0v) is 8.76. The molecule has 0 fully saturated rings. The second-order valence-corrected chi connectivity index (χ2v) is 3.41. The van der Waals surface area contributed by atoms with Crippen LogP contribution in [0.2, 0.25) is 0 Å². The molecule has 1 heterocycles. The average molecular weight is 181 g/mol. The summed E-state index contributed by atoms with van der Waals surface area (Å²) in [4.78, 5) is 13.2. The van der Waals surface area contributed by atoms with Crippen LogP contribution in [-0.2, 0) is 0 Å². The number of amides is 1. The first kappa shape index (κ1) is 9.84. The summed E-state index contributed by atoms with van der Waals surface area (Å²) >= 11 is 0. The van der Waals surface area contributed by atoms with E-state index in [1.54, 1.807) is 19.0 Å². The second kappa shape index (κ2) is 3.24. The summed E-state index contributed by atoms with van der Waals surface area (Å²) in [7, 11) is 3.48.